The van der Waals surface area contributed by atoms with Crippen LogP contribution in [0, 0.1) is 17.0 Å². The van der Waals surface area contributed by atoms with Gasteiger partial charge in [0, 0.05) is 18.0 Å². The van der Waals surface area contributed by atoms with Gasteiger partial charge in [0.15, 0.2) is 0 Å². The molecular weight excluding hydrogens is 244 g/mol. The van der Waals surface area contributed by atoms with Crippen LogP contribution in [0.4, 0.5) is 11.4 Å². The van der Waals surface area contributed by atoms with Gasteiger partial charge in [0.25, 0.3) is 5.69 Å². The van der Waals surface area contributed by atoms with Gasteiger partial charge >= 0.3 is 0 Å². The molecule has 1 heterocycles. The molecule has 5 nitrogen and oxygen atoms in total. The Morgan fingerprint density at radius 1 is 1.37 bits per heavy atom. The van der Waals surface area contributed by atoms with Gasteiger partial charge in [-0.2, -0.15) is 0 Å². The predicted molar refractivity (Wildman–Crippen MR) is 73.3 cm³/mol. The number of hydrogen-bond donors (Lipinski definition) is 1. The summed E-state index contributed by atoms with van der Waals surface area (Å²) in [5.41, 5.74) is 1.33. The first-order valence-corrected chi connectivity index (χ1v) is 6.11. The van der Waals surface area contributed by atoms with E-state index < -0.39 is 0 Å². The molecule has 0 aliphatic heterocycles. The van der Waals surface area contributed by atoms with E-state index in [0.717, 1.165) is 5.76 Å². The Morgan fingerprint density at radius 3 is 2.79 bits per heavy atom. The SMILES string of the molecule is Cc1cccc(NC(C)Cc2ccco2)c1[N+](=O)[O-]. The van der Waals surface area contributed by atoms with Gasteiger partial charge in [-0.1, -0.05) is 12.1 Å². The maximum absolute atomic E-state index is 11.1. The highest BCUT2D eigenvalue weighted by atomic mass is 16.6. The second-order valence-electron chi connectivity index (χ2n) is 4.56. The molecule has 1 atom stereocenters. The molecule has 0 aliphatic rings. The van der Waals surface area contributed by atoms with Crippen LogP contribution < -0.4 is 5.32 Å². The van der Waals surface area contributed by atoms with Crippen LogP contribution in [0.25, 0.3) is 0 Å². The number of para-hydroxylation sites is 1. The highest BCUT2D eigenvalue weighted by Crippen LogP contribution is 2.28. The number of nitrogens with zero attached hydrogens (tertiary/aromatic N) is 1. The lowest BCUT2D eigenvalue weighted by Crippen LogP contribution is -2.18. The van der Waals surface area contributed by atoms with E-state index in [2.05, 4.69) is 5.32 Å². The smallest absolute Gasteiger partial charge is 0.295 e. The molecule has 0 saturated carbocycles. The van der Waals surface area contributed by atoms with Crippen molar-refractivity contribution in [1.82, 2.24) is 0 Å². The first-order chi connectivity index (χ1) is 9.08. The van der Waals surface area contributed by atoms with Gasteiger partial charge in [0.2, 0.25) is 0 Å². The largest absolute Gasteiger partial charge is 0.469 e. The molecule has 0 spiro atoms. The van der Waals surface area contributed by atoms with Gasteiger partial charge in [-0.15, -0.1) is 0 Å². The summed E-state index contributed by atoms with van der Waals surface area (Å²) in [4.78, 5) is 10.7. The number of benzene rings is 1. The summed E-state index contributed by atoms with van der Waals surface area (Å²) in [6, 6.07) is 9.04. The van der Waals surface area contributed by atoms with Crippen molar-refractivity contribution in [1.29, 1.82) is 0 Å². The van der Waals surface area contributed by atoms with Gasteiger partial charge in [0.1, 0.15) is 11.4 Å². The zero-order valence-corrected chi connectivity index (χ0v) is 10.9. The molecule has 1 aromatic carbocycles. The van der Waals surface area contributed by atoms with Crippen LogP contribution in [0.1, 0.15) is 18.2 Å². The van der Waals surface area contributed by atoms with Gasteiger partial charge in [-0.25, -0.2) is 0 Å². The van der Waals surface area contributed by atoms with E-state index >= 15 is 0 Å². The lowest BCUT2D eigenvalue weighted by molar-refractivity contribution is -0.384. The Kier molecular flexibility index (Phi) is 3.85. The molecule has 1 N–H and O–H groups in total. The number of furan rings is 1. The van der Waals surface area contributed by atoms with Gasteiger partial charge < -0.3 is 9.73 Å². The molecule has 5 heteroatoms. The number of hydrogen-bond acceptors (Lipinski definition) is 4. The molecule has 2 aromatic rings. The first kappa shape index (κ1) is 13.1. The van der Waals surface area contributed by atoms with Crippen LogP contribution in [-0.4, -0.2) is 11.0 Å². The predicted octanol–water partition coefficient (Wildman–Crippen LogP) is 3.54. The number of nitro groups is 1. The number of anilines is 1. The van der Waals surface area contributed by atoms with Crippen LogP contribution in [-0.2, 0) is 6.42 Å². The van der Waals surface area contributed by atoms with E-state index in [0.29, 0.717) is 17.7 Å². The third-order valence-corrected chi connectivity index (χ3v) is 2.91. The standard InChI is InChI=1S/C14H16N2O3/c1-10-5-3-7-13(14(10)16(17)18)15-11(2)9-12-6-4-8-19-12/h3-8,11,15H,9H2,1-2H3. The van der Waals surface area contributed by atoms with E-state index in [4.69, 9.17) is 4.42 Å². The normalized spacial score (nSPS) is 12.1. The van der Waals surface area contributed by atoms with E-state index in [9.17, 15) is 10.1 Å². The highest BCUT2D eigenvalue weighted by molar-refractivity contribution is 5.65. The fraction of sp³-hybridized carbons (Fsp3) is 0.286. The maximum atomic E-state index is 11.1. The van der Waals surface area contributed by atoms with E-state index in [1.807, 2.05) is 25.1 Å². The zero-order chi connectivity index (χ0) is 13.8. The quantitative estimate of drug-likeness (QED) is 0.659. The van der Waals surface area contributed by atoms with Crippen molar-refractivity contribution < 1.29 is 9.34 Å². The summed E-state index contributed by atoms with van der Waals surface area (Å²) in [6.07, 6.45) is 2.30. The Bertz CT molecular complexity index is 564. The van der Waals surface area contributed by atoms with Crippen molar-refractivity contribution in [3.63, 3.8) is 0 Å². The van der Waals surface area contributed by atoms with E-state index in [-0.39, 0.29) is 16.7 Å². The lowest BCUT2D eigenvalue weighted by Gasteiger charge is -2.14. The van der Waals surface area contributed by atoms with Crippen molar-refractivity contribution >= 4 is 11.4 Å². The fourth-order valence-corrected chi connectivity index (χ4v) is 2.06. The van der Waals surface area contributed by atoms with Crippen LogP contribution >= 0.6 is 0 Å². The second-order valence-corrected chi connectivity index (χ2v) is 4.56. The van der Waals surface area contributed by atoms with Crippen LogP contribution in [0.15, 0.2) is 41.0 Å². The van der Waals surface area contributed by atoms with E-state index in [1.54, 1.807) is 25.3 Å². The minimum atomic E-state index is -0.350. The molecule has 0 saturated heterocycles. The van der Waals surface area contributed by atoms with Gasteiger partial charge in [-0.05, 0) is 32.0 Å². The Labute approximate surface area is 111 Å². The van der Waals surface area contributed by atoms with Crippen molar-refractivity contribution in [3.05, 3.63) is 58.0 Å². The monoisotopic (exact) mass is 260 g/mol. The van der Waals surface area contributed by atoms with Crippen molar-refractivity contribution in [2.75, 3.05) is 5.32 Å². The Balaban J connectivity index is 2.14. The number of rotatable bonds is 5. The van der Waals surface area contributed by atoms with E-state index in [1.165, 1.54) is 0 Å². The Hall–Kier alpha value is -2.30. The molecule has 0 amide bonds. The van der Waals surface area contributed by atoms with Crippen molar-refractivity contribution in [2.45, 2.75) is 26.3 Å². The molecule has 1 aromatic heterocycles. The maximum Gasteiger partial charge on any atom is 0.295 e. The molecule has 1 unspecified atom stereocenters. The van der Waals surface area contributed by atoms with Crippen LogP contribution in [0.5, 0.6) is 0 Å². The molecule has 2 rings (SSSR count). The van der Waals surface area contributed by atoms with Crippen LogP contribution in [0.3, 0.4) is 0 Å². The molecule has 0 aliphatic carbocycles. The van der Waals surface area contributed by atoms with Crippen LogP contribution in [0.2, 0.25) is 0 Å². The van der Waals surface area contributed by atoms with Gasteiger partial charge in [-0.3, -0.25) is 10.1 Å². The summed E-state index contributed by atoms with van der Waals surface area (Å²) in [7, 11) is 0. The molecule has 0 fully saturated rings. The molecule has 100 valence electrons. The number of nitro benzene ring substituents is 1. The first-order valence-electron chi connectivity index (χ1n) is 6.11. The highest BCUT2D eigenvalue weighted by Gasteiger charge is 2.18. The third kappa shape index (κ3) is 3.13. The summed E-state index contributed by atoms with van der Waals surface area (Å²) < 4.78 is 5.27. The van der Waals surface area contributed by atoms with Crippen molar-refractivity contribution in [3.8, 4) is 0 Å². The number of aryl methyl sites for hydroxylation is 1. The average molecular weight is 260 g/mol. The summed E-state index contributed by atoms with van der Waals surface area (Å²) >= 11 is 0. The molecule has 0 radical (unpaired) electrons. The Morgan fingerprint density at radius 2 is 2.16 bits per heavy atom. The number of nitrogens with one attached hydrogen (secondary N) is 1. The van der Waals surface area contributed by atoms with Gasteiger partial charge in [0.05, 0.1) is 11.2 Å². The molecule has 0 bridgehead atoms. The summed E-state index contributed by atoms with van der Waals surface area (Å²) in [5.74, 6) is 0.857. The topological polar surface area (TPSA) is 68.3 Å². The lowest BCUT2D eigenvalue weighted by atomic mass is 10.1. The zero-order valence-electron chi connectivity index (χ0n) is 10.9. The summed E-state index contributed by atoms with van der Waals surface area (Å²) in [5, 5.41) is 14.3. The third-order valence-electron chi connectivity index (χ3n) is 2.91. The minimum Gasteiger partial charge on any atom is -0.469 e. The second kappa shape index (κ2) is 5.56. The molecular formula is C14H16N2O3. The molecule has 19 heavy (non-hydrogen) atoms. The minimum absolute atomic E-state index is 0.0478. The fourth-order valence-electron chi connectivity index (χ4n) is 2.06. The average Bonchev–Trinajstić information content (AvgIpc) is 2.81. The summed E-state index contributed by atoms with van der Waals surface area (Å²) in [6.45, 7) is 3.70. The van der Waals surface area contributed by atoms with Crippen molar-refractivity contribution in [2.24, 2.45) is 0 Å².